The number of likely N-dealkylation sites (tertiary alicyclic amines) is 1. The maximum atomic E-state index is 12.1. The molecule has 1 atom stereocenters. The van der Waals surface area contributed by atoms with Crippen LogP contribution < -0.4 is 10.6 Å². The predicted octanol–water partition coefficient (Wildman–Crippen LogP) is 0.379. The monoisotopic (exact) mass is 325 g/mol. The molecular formula is C16H27N3O4. The second kappa shape index (κ2) is 10.1. The summed E-state index contributed by atoms with van der Waals surface area (Å²) in [4.78, 5) is 46.7. The van der Waals surface area contributed by atoms with Gasteiger partial charge in [0.15, 0.2) is 0 Å². The van der Waals surface area contributed by atoms with Gasteiger partial charge >= 0.3 is 0 Å². The number of hydrogen-bond donors (Lipinski definition) is 2. The van der Waals surface area contributed by atoms with E-state index in [1.807, 2.05) is 0 Å². The van der Waals surface area contributed by atoms with E-state index in [-0.39, 0.29) is 42.9 Å². The van der Waals surface area contributed by atoms with Crippen LogP contribution in [0.15, 0.2) is 0 Å². The van der Waals surface area contributed by atoms with E-state index < -0.39 is 6.04 Å². The maximum Gasteiger partial charge on any atom is 0.246 e. The van der Waals surface area contributed by atoms with E-state index in [4.69, 9.17) is 0 Å². The first kappa shape index (κ1) is 19.3. The largest absolute Gasteiger partial charge is 0.356 e. The molecule has 1 saturated heterocycles. The Bertz CT molecular complexity index is 451. The third-order valence-corrected chi connectivity index (χ3v) is 3.80. The van der Waals surface area contributed by atoms with Crippen molar-refractivity contribution in [1.29, 1.82) is 0 Å². The standard InChI is InChI=1S/C16H27N3O4/c1-12(20)7-10-19-15(22)11-14(16(19)23)18-9-6-4-3-5-8-17-13(2)21/h14,18H,3-11H2,1-2H3,(H,17,21). The van der Waals surface area contributed by atoms with E-state index in [2.05, 4.69) is 10.6 Å². The smallest absolute Gasteiger partial charge is 0.246 e. The molecule has 23 heavy (non-hydrogen) atoms. The van der Waals surface area contributed by atoms with Crippen molar-refractivity contribution in [1.82, 2.24) is 15.5 Å². The molecule has 0 radical (unpaired) electrons. The van der Waals surface area contributed by atoms with Gasteiger partial charge in [-0.25, -0.2) is 0 Å². The molecule has 1 unspecified atom stereocenters. The highest BCUT2D eigenvalue weighted by molar-refractivity contribution is 6.05. The average molecular weight is 325 g/mol. The minimum Gasteiger partial charge on any atom is -0.356 e. The van der Waals surface area contributed by atoms with Gasteiger partial charge in [0.2, 0.25) is 17.7 Å². The fraction of sp³-hybridized carbons (Fsp3) is 0.750. The minimum absolute atomic E-state index is 0.00888. The van der Waals surface area contributed by atoms with E-state index >= 15 is 0 Å². The Morgan fingerprint density at radius 3 is 2.35 bits per heavy atom. The number of amides is 3. The lowest BCUT2D eigenvalue weighted by Gasteiger charge is -2.14. The highest BCUT2D eigenvalue weighted by Gasteiger charge is 2.37. The van der Waals surface area contributed by atoms with Crippen LogP contribution in [-0.2, 0) is 19.2 Å². The molecule has 0 aromatic carbocycles. The number of imide groups is 1. The Kier molecular flexibility index (Phi) is 8.47. The number of nitrogens with zero attached hydrogens (tertiary/aromatic N) is 1. The van der Waals surface area contributed by atoms with Crippen LogP contribution >= 0.6 is 0 Å². The number of ketones is 1. The van der Waals surface area contributed by atoms with Crippen LogP contribution in [0.5, 0.6) is 0 Å². The summed E-state index contributed by atoms with van der Waals surface area (Å²) in [5, 5.41) is 5.87. The summed E-state index contributed by atoms with van der Waals surface area (Å²) < 4.78 is 0. The van der Waals surface area contributed by atoms with Gasteiger partial charge in [-0.1, -0.05) is 12.8 Å². The van der Waals surface area contributed by atoms with Crippen LogP contribution in [0.1, 0.15) is 52.4 Å². The summed E-state index contributed by atoms with van der Waals surface area (Å²) in [6.07, 6.45) is 4.29. The minimum atomic E-state index is -0.450. The van der Waals surface area contributed by atoms with Crippen LogP contribution in [0, 0.1) is 0 Å². The number of hydrogen-bond acceptors (Lipinski definition) is 5. The average Bonchev–Trinajstić information content (AvgIpc) is 2.73. The Labute approximate surface area is 137 Å². The number of rotatable bonds is 11. The molecule has 0 aromatic rings. The quantitative estimate of drug-likeness (QED) is 0.423. The van der Waals surface area contributed by atoms with Crippen molar-refractivity contribution < 1.29 is 19.2 Å². The first-order chi connectivity index (χ1) is 10.9. The molecule has 0 spiro atoms. The van der Waals surface area contributed by atoms with Crippen LogP contribution in [0.3, 0.4) is 0 Å². The van der Waals surface area contributed by atoms with Crippen molar-refractivity contribution in [2.75, 3.05) is 19.6 Å². The van der Waals surface area contributed by atoms with Crippen LogP contribution in [0.2, 0.25) is 0 Å². The molecule has 0 saturated carbocycles. The molecule has 130 valence electrons. The number of Topliss-reactive ketones (excluding diaryl/α,β-unsaturated/α-hetero) is 1. The summed E-state index contributed by atoms with van der Waals surface area (Å²) in [5.41, 5.74) is 0. The first-order valence-electron chi connectivity index (χ1n) is 8.23. The van der Waals surface area contributed by atoms with Gasteiger partial charge in [-0.05, 0) is 26.3 Å². The van der Waals surface area contributed by atoms with E-state index in [1.165, 1.54) is 18.7 Å². The summed E-state index contributed by atoms with van der Waals surface area (Å²) in [5.74, 6) is -0.461. The molecule has 0 aromatic heterocycles. The molecule has 0 aliphatic carbocycles. The zero-order valence-corrected chi connectivity index (χ0v) is 14.0. The van der Waals surface area contributed by atoms with Gasteiger partial charge < -0.3 is 10.6 Å². The topological polar surface area (TPSA) is 95.6 Å². The number of carbonyl (C=O) groups is 4. The molecule has 3 amide bonds. The molecule has 0 bridgehead atoms. The summed E-state index contributed by atoms with van der Waals surface area (Å²) in [6, 6.07) is -0.450. The summed E-state index contributed by atoms with van der Waals surface area (Å²) in [7, 11) is 0. The summed E-state index contributed by atoms with van der Waals surface area (Å²) >= 11 is 0. The van der Waals surface area contributed by atoms with Crippen LogP contribution in [0.25, 0.3) is 0 Å². The van der Waals surface area contributed by atoms with Gasteiger partial charge in [0.05, 0.1) is 12.5 Å². The van der Waals surface area contributed by atoms with E-state index in [9.17, 15) is 19.2 Å². The SMILES string of the molecule is CC(=O)CCN1C(=O)CC(NCCCCCCNC(C)=O)C1=O. The van der Waals surface area contributed by atoms with Crippen molar-refractivity contribution in [2.24, 2.45) is 0 Å². The van der Waals surface area contributed by atoms with Gasteiger partial charge in [-0.2, -0.15) is 0 Å². The fourth-order valence-electron chi connectivity index (χ4n) is 2.49. The number of nitrogens with one attached hydrogen (secondary N) is 2. The van der Waals surface area contributed by atoms with Gasteiger partial charge in [-0.15, -0.1) is 0 Å². The van der Waals surface area contributed by atoms with E-state index in [0.717, 1.165) is 25.7 Å². The second-order valence-corrected chi connectivity index (χ2v) is 5.94. The summed E-state index contributed by atoms with van der Waals surface area (Å²) in [6.45, 7) is 4.53. The lowest BCUT2D eigenvalue weighted by Crippen LogP contribution is -2.39. The van der Waals surface area contributed by atoms with Crippen LogP contribution in [0.4, 0.5) is 0 Å². The van der Waals surface area contributed by atoms with E-state index in [0.29, 0.717) is 13.1 Å². The zero-order valence-electron chi connectivity index (χ0n) is 14.0. The molecule has 1 fully saturated rings. The molecule has 1 rings (SSSR count). The Morgan fingerprint density at radius 1 is 1.09 bits per heavy atom. The van der Waals surface area contributed by atoms with Gasteiger partial charge in [0, 0.05) is 26.4 Å². The van der Waals surface area contributed by atoms with Gasteiger partial charge in [0.25, 0.3) is 0 Å². The van der Waals surface area contributed by atoms with Crippen molar-refractivity contribution in [3.05, 3.63) is 0 Å². The second-order valence-electron chi connectivity index (χ2n) is 5.94. The third-order valence-electron chi connectivity index (χ3n) is 3.80. The lowest BCUT2D eigenvalue weighted by atomic mass is 10.2. The number of carbonyl (C=O) groups excluding carboxylic acids is 4. The molecule has 2 N–H and O–H groups in total. The highest BCUT2D eigenvalue weighted by atomic mass is 16.2. The van der Waals surface area contributed by atoms with Crippen molar-refractivity contribution >= 4 is 23.5 Å². The Morgan fingerprint density at radius 2 is 1.74 bits per heavy atom. The molecule has 7 heteroatoms. The zero-order chi connectivity index (χ0) is 17.2. The molecule has 1 aliphatic rings. The Hall–Kier alpha value is -1.76. The van der Waals surface area contributed by atoms with Crippen molar-refractivity contribution in [2.45, 2.75) is 58.4 Å². The Balaban J connectivity index is 2.13. The highest BCUT2D eigenvalue weighted by Crippen LogP contribution is 2.13. The normalized spacial score (nSPS) is 17.7. The maximum absolute atomic E-state index is 12.1. The third kappa shape index (κ3) is 7.36. The molecule has 1 aliphatic heterocycles. The fourth-order valence-corrected chi connectivity index (χ4v) is 2.49. The van der Waals surface area contributed by atoms with E-state index in [1.54, 1.807) is 0 Å². The van der Waals surface area contributed by atoms with Crippen molar-refractivity contribution in [3.8, 4) is 0 Å². The first-order valence-corrected chi connectivity index (χ1v) is 8.23. The molecule has 1 heterocycles. The van der Waals surface area contributed by atoms with Gasteiger partial charge in [0.1, 0.15) is 5.78 Å². The number of unbranched alkanes of at least 4 members (excludes halogenated alkanes) is 3. The lowest BCUT2D eigenvalue weighted by molar-refractivity contribution is -0.139. The van der Waals surface area contributed by atoms with Gasteiger partial charge in [-0.3, -0.25) is 24.1 Å². The van der Waals surface area contributed by atoms with Crippen molar-refractivity contribution in [3.63, 3.8) is 0 Å². The molecule has 7 nitrogen and oxygen atoms in total. The predicted molar refractivity (Wildman–Crippen MR) is 85.6 cm³/mol. The molecular weight excluding hydrogens is 298 g/mol. The van der Waals surface area contributed by atoms with Crippen LogP contribution in [-0.4, -0.2) is 54.1 Å².